The zero-order valence-corrected chi connectivity index (χ0v) is 15.3. The molecular formula is C14H28Cl2N4O3. The van der Waals surface area contributed by atoms with Crippen molar-refractivity contribution in [2.24, 2.45) is 11.8 Å². The van der Waals surface area contributed by atoms with E-state index in [1.54, 1.807) is 4.90 Å². The van der Waals surface area contributed by atoms with Gasteiger partial charge in [-0.15, -0.1) is 24.8 Å². The Morgan fingerprint density at radius 1 is 1.39 bits per heavy atom. The minimum absolute atomic E-state index is 0. The summed E-state index contributed by atoms with van der Waals surface area (Å²) < 4.78 is 0. The van der Waals surface area contributed by atoms with Crippen LogP contribution in [-0.2, 0) is 9.59 Å². The van der Waals surface area contributed by atoms with Crippen LogP contribution in [0.1, 0.15) is 6.42 Å². The molecule has 2 rings (SSSR count). The van der Waals surface area contributed by atoms with Crippen LogP contribution in [0.4, 0.5) is 0 Å². The number of aliphatic hydroxyl groups is 1. The molecule has 2 amide bonds. The van der Waals surface area contributed by atoms with Crippen LogP contribution in [0.15, 0.2) is 0 Å². The summed E-state index contributed by atoms with van der Waals surface area (Å²) in [6.07, 6.45) is -0.0998. The molecule has 7 nitrogen and oxygen atoms in total. The van der Waals surface area contributed by atoms with Gasteiger partial charge in [-0.1, -0.05) is 0 Å². The second kappa shape index (κ2) is 10.3. The van der Waals surface area contributed by atoms with Gasteiger partial charge in [0.1, 0.15) is 0 Å². The van der Waals surface area contributed by atoms with Crippen molar-refractivity contribution in [2.45, 2.75) is 12.5 Å². The van der Waals surface area contributed by atoms with Crippen molar-refractivity contribution in [3.63, 3.8) is 0 Å². The summed E-state index contributed by atoms with van der Waals surface area (Å²) in [6, 6.07) is 0. The van der Waals surface area contributed by atoms with Gasteiger partial charge in [-0.2, -0.15) is 0 Å². The maximum Gasteiger partial charge on any atom is 0.225 e. The molecule has 0 aromatic carbocycles. The molecule has 2 aliphatic heterocycles. The topological polar surface area (TPSA) is 84.9 Å². The summed E-state index contributed by atoms with van der Waals surface area (Å²) in [6.45, 7) is 3.75. The summed E-state index contributed by atoms with van der Waals surface area (Å²) in [5.74, 6) is -0.212. The maximum absolute atomic E-state index is 12.1. The van der Waals surface area contributed by atoms with Crippen LogP contribution in [0.5, 0.6) is 0 Å². The van der Waals surface area contributed by atoms with Crippen LogP contribution in [0.2, 0.25) is 0 Å². The summed E-state index contributed by atoms with van der Waals surface area (Å²) in [5, 5.41) is 15.7. The number of carbonyl (C=O) groups excluding carboxylic acids is 2. The number of hydrogen-bond donors (Lipinski definition) is 3. The lowest BCUT2D eigenvalue weighted by Crippen LogP contribution is -2.39. The minimum atomic E-state index is -0.396. The Bertz CT molecular complexity index is 398. The number of aliphatic hydroxyl groups excluding tert-OH is 1. The van der Waals surface area contributed by atoms with Crippen LogP contribution in [-0.4, -0.2) is 86.2 Å². The third-order valence-electron chi connectivity index (χ3n) is 4.25. The number of likely N-dealkylation sites (tertiary alicyclic amines) is 1. The molecule has 2 saturated heterocycles. The minimum Gasteiger partial charge on any atom is -0.391 e. The SMILES string of the molecule is CN(C)CCN1CC(C(=O)NCC2CNCC2O)CC1=O.Cl.Cl. The highest BCUT2D eigenvalue weighted by molar-refractivity contribution is 5.89. The maximum atomic E-state index is 12.1. The van der Waals surface area contributed by atoms with Gasteiger partial charge in [0, 0.05) is 51.6 Å². The fourth-order valence-corrected chi connectivity index (χ4v) is 2.79. The molecule has 0 radical (unpaired) electrons. The van der Waals surface area contributed by atoms with Crippen LogP contribution in [0, 0.1) is 11.8 Å². The number of amides is 2. The van der Waals surface area contributed by atoms with Gasteiger partial charge in [0.15, 0.2) is 0 Å². The fourth-order valence-electron chi connectivity index (χ4n) is 2.79. The van der Waals surface area contributed by atoms with E-state index in [0.29, 0.717) is 32.6 Å². The first kappa shape index (κ1) is 22.4. The van der Waals surface area contributed by atoms with E-state index in [1.807, 2.05) is 19.0 Å². The van der Waals surface area contributed by atoms with Crippen molar-refractivity contribution in [2.75, 3.05) is 53.4 Å². The molecule has 0 aromatic heterocycles. The Morgan fingerprint density at radius 3 is 2.65 bits per heavy atom. The normalized spacial score (nSPS) is 26.9. The predicted molar refractivity (Wildman–Crippen MR) is 93.1 cm³/mol. The van der Waals surface area contributed by atoms with Gasteiger partial charge in [-0.05, 0) is 14.1 Å². The van der Waals surface area contributed by atoms with Crippen LogP contribution < -0.4 is 10.6 Å². The molecule has 3 unspecified atom stereocenters. The van der Waals surface area contributed by atoms with E-state index in [4.69, 9.17) is 0 Å². The highest BCUT2D eigenvalue weighted by Crippen LogP contribution is 2.18. The third-order valence-corrected chi connectivity index (χ3v) is 4.25. The molecular weight excluding hydrogens is 343 g/mol. The molecule has 136 valence electrons. The molecule has 2 fully saturated rings. The predicted octanol–water partition coefficient (Wildman–Crippen LogP) is -1.06. The van der Waals surface area contributed by atoms with E-state index in [0.717, 1.165) is 13.1 Å². The summed E-state index contributed by atoms with van der Waals surface area (Å²) >= 11 is 0. The van der Waals surface area contributed by atoms with E-state index < -0.39 is 6.10 Å². The third kappa shape index (κ3) is 6.43. The first-order valence-corrected chi connectivity index (χ1v) is 7.56. The number of hydrogen-bond acceptors (Lipinski definition) is 5. The zero-order chi connectivity index (χ0) is 15.4. The van der Waals surface area contributed by atoms with Crippen molar-refractivity contribution in [1.82, 2.24) is 20.4 Å². The first-order chi connectivity index (χ1) is 9.97. The number of carbonyl (C=O) groups is 2. The van der Waals surface area contributed by atoms with E-state index in [9.17, 15) is 14.7 Å². The Labute approximate surface area is 150 Å². The van der Waals surface area contributed by atoms with E-state index in [-0.39, 0.29) is 48.5 Å². The average Bonchev–Trinajstić information content (AvgIpc) is 3.00. The van der Waals surface area contributed by atoms with E-state index in [2.05, 4.69) is 10.6 Å². The second-order valence-corrected chi connectivity index (χ2v) is 6.27. The molecule has 2 aliphatic rings. The summed E-state index contributed by atoms with van der Waals surface area (Å²) in [5.41, 5.74) is 0. The molecule has 0 aliphatic carbocycles. The zero-order valence-electron chi connectivity index (χ0n) is 13.7. The van der Waals surface area contributed by atoms with Crippen molar-refractivity contribution in [3.05, 3.63) is 0 Å². The van der Waals surface area contributed by atoms with Gasteiger partial charge in [-0.3, -0.25) is 9.59 Å². The number of nitrogens with one attached hydrogen (secondary N) is 2. The number of β-amino-alcohol motifs (C(OH)–C–C–N with tert-alkyl or cyclic N) is 1. The van der Waals surface area contributed by atoms with Crippen molar-refractivity contribution >= 4 is 36.6 Å². The van der Waals surface area contributed by atoms with Crippen molar-refractivity contribution < 1.29 is 14.7 Å². The molecule has 0 saturated carbocycles. The Kier molecular flexibility index (Phi) is 10.0. The quantitative estimate of drug-likeness (QED) is 0.554. The van der Waals surface area contributed by atoms with Crippen LogP contribution >= 0.6 is 24.8 Å². The molecule has 2 heterocycles. The van der Waals surface area contributed by atoms with Gasteiger partial charge >= 0.3 is 0 Å². The molecule has 0 spiro atoms. The van der Waals surface area contributed by atoms with Gasteiger partial charge < -0.3 is 25.5 Å². The monoisotopic (exact) mass is 370 g/mol. The van der Waals surface area contributed by atoms with E-state index in [1.165, 1.54) is 0 Å². The molecule has 23 heavy (non-hydrogen) atoms. The highest BCUT2D eigenvalue weighted by Gasteiger charge is 2.34. The number of likely N-dealkylation sites (N-methyl/N-ethyl adjacent to an activating group) is 1. The average molecular weight is 371 g/mol. The number of rotatable bonds is 6. The van der Waals surface area contributed by atoms with Crippen molar-refractivity contribution in [1.29, 1.82) is 0 Å². The smallest absolute Gasteiger partial charge is 0.225 e. The lowest BCUT2D eigenvalue weighted by molar-refractivity contribution is -0.129. The van der Waals surface area contributed by atoms with Gasteiger partial charge in [0.05, 0.1) is 12.0 Å². The fraction of sp³-hybridized carbons (Fsp3) is 0.857. The number of halogens is 2. The van der Waals surface area contributed by atoms with Gasteiger partial charge in [-0.25, -0.2) is 0 Å². The molecule has 3 N–H and O–H groups in total. The van der Waals surface area contributed by atoms with Gasteiger partial charge in [0.2, 0.25) is 11.8 Å². The van der Waals surface area contributed by atoms with Crippen LogP contribution in [0.25, 0.3) is 0 Å². The number of nitrogens with zero attached hydrogens (tertiary/aromatic N) is 2. The lowest BCUT2D eigenvalue weighted by atomic mass is 10.0. The molecule has 3 atom stereocenters. The second-order valence-electron chi connectivity index (χ2n) is 6.27. The Balaban J connectivity index is 0.00000242. The summed E-state index contributed by atoms with van der Waals surface area (Å²) in [4.78, 5) is 27.8. The first-order valence-electron chi connectivity index (χ1n) is 7.56. The lowest BCUT2D eigenvalue weighted by Gasteiger charge is -2.19. The summed E-state index contributed by atoms with van der Waals surface area (Å²) in [7, 11) is 3.93. The largest absolute Gasteiger partial charge is 0.391 e. The highest BCUT2D eigenvalue weighted by atomic mass is 35.5. The molecule has 0 aromatic rings. The molecule has 9 heteroatoms. The molecule has 0 bridgehead atoms. The standard InChI is InChI=1S/C14H26N4O3.2ClH/c1-17(2)3-4-18-9-10(5-13(18)20)14(21)16-7-11-6-15-8-12(11)19;;/h10-12,15,19H,3-9H2,1-2H3,(H,16,21);2*1H. The Morgan fingerprint density at radius 2 is 2.09 bits per heavy atom. The van der Waals surface area contributed by atoms with Crippen molar-refractivity contribution in [3.8, 4) is 0 Å². The van der Waals surface area contributed by atoms with E-state index >= 15 is 0 Å². The Hall–Kier alpha value is -0.600. The van der Waals surface area contributed by atoms with Gasteiger partial charge in [0.25, 0.3) is 0 Å². The van der Waals surface area contributed by atoms with Crippen LogP contribution in [0.3, 0.4) is 0 Å².